The second-order valence-corrected chi connectivity index (χ2v) is 5.72. The van der Waals surface area contributed by atoms with Crippen molar-refractivity contribution in [3.05, 3.63) is 64.4 Å². The summed E-state index contributed by atoms with van der Waals surface area (Å²) in [6.45, 7) is 1.86. The van der Waals surface area contributed by atoms with Gasteiger partial charge in [0, 0.05) is 21.7 Å². The Kier molecular flexibility index (Phi) is 4.86. The fourth-order valence-electron chi connectivity index (χ4n) is 1.80. The Morgan fingerprint density at radius 3 is 2.63 bits per heavy atom. The van der Waals surface area contributed by atoms with Crippen LogP contribution < -0.4 is 5.73 Å². The highest BCUT2D eigenvalue weighted by atomic mass is 35.5. The second kappa shape index (κ2) is 6.42. The van der Waals surface area contributed by atoms with Crippen molar-refractivity contribution < 1.29 is 4.39 Å². The molecule has 0 aliphatic heterocycles. The monoisotopic (exact) mass is 295 g/mol. The smallest absolute Gasteiger partial charge is 0.137 e. The van der Waals surface area contributed by atoms with E-state index in [1.807, 2.05) is 37.3 Å². The van der Waals surface area contributed by atoms with Crippen LogP contribution in [0.5, 0.6) is 0 Å². The zero-order chi connectivity index (χ0) is 13.8. The Morgan fingerprint density at radius 2 is 1.95 bits per heavy atom. The van der Waals surface area contributed by atoms with Gasteiger partial charge in [-0.05, 0) is 30.2 Å². The maximum atomic E-state index is 13.9. The number of hydrogen-bond donors (Lipinski definition) is 1. The highest BCUT2D eigenvalue weighted by Crippen LogP contribution is 2.33. The average Bonchev–Trinajstić information content (AvgIpc) is 2.38. The predicted molar refractivity (Wildman–Crippen MR) is 80.0 cm³/mol. The van der Waals surface area contributed by atoms with E-state index in [-0.39, 0.29) is 11.9 Å². The number of thioether (sulfide) groups is 1. The Hall–Kier alpha value is -1.03. The third-order valence-electron chi connectivity index (χ3n) is 2.82. The molecule has 0 aliphatic carbocycles. The summed E-state index contributed by atoms with van der Waals surface area (Å²) in [6, 6.07) is 12.4. The highest BCUT2D eigenvalue weighted by Gasteiger charge is 2.12. The zero-order valence-electron chi connectivity index (χ0n) is 10.6. The first-order chi connectivity index (χ1) is 9.09. The zero-order valence-corrected chi connectivity index (χ0v) is 12.1. The third kappa shape index (κ3) is 3.50. The van der Waals surface area contributed by atoms with E-state index in [9.17, 15) is 4.39 Å². The van der Waals surface area contributed by atoms with Crippen molar-refractivity contribution >= 4 is 23.4 Å². The maximum absolute atomic E-state index is 13.9. The standard InChI is InChI=1S/C15H15ClFNS/c1-10(18)12-6-4-8-14(17)15(12)19-9-11-5-2-3-7-13(11)16/h2-8,10H,9,18H2,1H3. The van der Waals surface area contributed by atoms with Crippen molar-refractivity contribution in [3.63, 3.8) is 0 Å². The lowest BCUT2D eigenvalue weighted by Crippen LogP contribution is -2.07. The Bertz CT molecular complexity index is 572. The van der Waals surface area contributed by atoms with Gasteiger partial charge in [-0.25, -0.2) is 4.39 Å². The lowest BCUT2D eigenvalue weighted by molar-refractivity contribution is 0.591. The first-order valence-electron chi connectivity index (χ1n) is 6.00. The van der Waals surface area contributed by atoms with Crippen LogP contribution in [0.3, 0.4) is 0 Å². The van der Waals surface area contributed by atoms with Crippen LogP contribution >= 0.6 is 23.4 Å². The summed E-state index contributed by atoms with van der Waals surface area (Å²) in [7, 11) is 0. The van der Waals surface area contributed by atoms with Gasteiger partial charge >= 0.3 is 0 Å². The van der Waals surface area contributed by atoms with Crippen LogP contribution in [0.15, 0.2) is 47.4 Å². The topological polar surface area (TPSA) is 26.0 Å². The van der Waals surface area contributed by atoms with Gasteiger partial charge in [0.2, 0.25) is 0 Å². The van der Waals surface area contributed by atoms with Gasteiger partial charge in [0.1, 0.15) is 5.82 Å². The summed E-state index contributed by atoms with van der Waals surface area (Å²) in [5.74, 6) is 0.396. The van der Waals surface area contributed by atoms with Gasteiger partial charge in [-0.2, -0.15) is 0 Å². The third-order valence-corrected chi connectivity index (χ3v) is 4.36. The summed E-state index contributed by atoms with van der Waals surface area (Å²) < 4.78 is 13.9. The second-order valence-electron chi connectivity index (χ2n) is 4.33. The van der Waals surface area contributed by atoms with Gasteiger partial charge in [-0.1, -0.05) is 41.9 Å². The number of benzene rings is 2. The molecule has 1 atom stereocenters. The Labute approximate surface area is 122 Å². The van der Waals surface area contributed by atoms with E-state index in [4.69, 9.17) is 17.3 Å². The van der Waals surface area contributed by atoms with Crippen molar-refractivity contribution in [1.29, 1.82) is 0 Å². The fraction of sp³-hybridized carbons (Fsp3) is 0.200. The number of rotatable bonds is 4. The van der Waals surface area contributed by atoms with Crippen LogP contribution in [0.25, 0.3) is 0 Å². The summed E-state index contributed by atoms with van der Waals surface area (Å²) >= 11 is 7.53. The molecule has 0 fully saturated rings. The molecule has 19 heavy (non-hydrogen) atoms. The summed E-state index contributed by atoms with van der Waals surface area (Å²) in [4.78, 5) is 0.609. The van der Waals surface area contributed by atoms with Crippen molar-refractivity contribution in [2.75, 3.05) is 0 Å². The molecule has 4 heteroatoms. The van der Waals surface area contributed by atoms with E-state index in [0.29, 0.717) is 15.7 Å². The summed E-state index contributed by atoms with van der Waals surface area (Å²) in [6.07, 6.45) is 0. The molecule has 0 aromatic heterocycles. The molecule has 0 saturated heterocycles. The van der Waals surface area contributed by atoms with E-state index >= 15 is 0 Å². The highest BCUT2D eigenvalue weighted by molar-refractivity contribution is 7.98. The van der Waals surface area contributed by atoms with Gasteiger partial charge in [0.15, 0.2) is 0 Å². The number of nitrogens with two attached hydrogens (primary N) is 1. The molecule has 0 aliphatic rings. The SMILES string of the molecule is CC(N)c1cccc(F)c1SCc1ccccc1Cl. The normalized spacial score (nSPS) is 12.4. The average molecular weight is 296 g/mol. The fourth-order valence-corrected chi connectivity index (χ4v) is 3.26. The largest absolute Gasteiger partial charge is 0.324 e. The van der Waals surface area contributed by atoms with E-state index < -0.39 is 0 Å². The molecule has 0 heterocycles. The molecule has 2 aromatic rings. The molecular formula is C15H15ClFNS. The van der Waals surface area contributed by atoms with Crippen LogP contribution in [0.4, 0.5) is 4.39 Å². The van der Waals surface area contributed by atoms with E-state index in [0.717, 1.165) is 11.1 Å². The van der Waals surface area contributed by atoms with Crippen LogP contribution in [-0.4, -0.2) is 0 Å². The van der Waals surface area contributed by atoms with Crippen molar-refractivity contribution in [3.8, 4) is 0 Å². The molecule has 1 unspecified atom stereocenters. The lowest BCUT2D eigenvalue weighted by Gasteiger charge is -2.13. The summed E-state index contributed by atoms with van der Waals surface area (Å²) in [5.41, 5.74) is 7.70. The van der Waals surface area contributed by atoms with Gasteiger partial charge < -0.3 is 5.73 Å². The lowest BCUT2D eigenvalue weighted by atomic mass is 10.1. The first kappa shape index (κ1) is 14.4. The van der Waals surface area contributed by atoms with Gasteiger partial charge in [0.25, 0.3) is 0 Å². The van der Waals surface area contributed by atoms with Gasteiger partial charge in [0.05, 0.1) is 0 Å². The summed E-state index contributed by atoms with van der Waals surface area (Å²) in [5, 5.41) is 0.702. The molecule has 0 saturated carbocycles. The molecule has 2 N–H and O–H groups in total. The van der Waals surface area contributed by atoms with Crippen LogP contribution in [-0.2, 0) is 5.75 Å². The van der Waals surface area contributed by atoms with E-state index in [1.165, 1.54) is 17.8 Å². The molecule has 100 valence electrons. The Balaban J connectivity index is 2.22. The molecule has 0 bridgehead atoms. The maximum Gasteiger partial charge on any atom is 0.137 e. The quantitative estimate of drug-likeness (QED) is 0.821. The molecular weight excluding hydrogens is 281 g/mol. The molecule has 2 aromatic carbocycles. The van der Waals surface area contributed by atoms with E-state index in [2.05, 4.69) is 0 Å². The predicted octanol–water partition coefficient (Wildman–Crippen LogP) is 4.79. The van der Waals surface area contributed by atoms with Crippen molar-refractivity contribution in [1.82, 2.24) is 0 Å². The molecule has 0 spiro atoms. The van der Waals surface area contributed by atoms with Gasteiger partial charge in [-0.3, -0.25) is 0 Å². The molecule has 0 amide bonds. The minimum absolute atomic E-state index is 0.190. The Morgan fingerprint density at radius 1 is 1.21 bits per heavy atom. The van der Waals surface area contributed by atoms with Crippen LogP contribution in [0.1, 0.15) is 24.1 Å². The van der Waals surface area contributed by atoms with E-state index in [1.54, 1.807) is 6.07 Å². The molecule has 2 rings (SSSR count). The molecule has 1 nitrogen and oxygen atoms in total. The number of hydrogen-bond acceptors (Lipinski definition) is 2. The minimum atomic E-state index is -0.230. The molecule has 0 radical (unpaired) electrons. The minimum Gasteiger partial charge on any atom is -0.324 e. The first-order valence-corrected chi connectivity index (χ1v) is 7.36. The van der Waals surface area contributed by atoms with Crippen molar-refractivity contribution in [2.24, 2.45) is 5.73 Å². The van der Waals surface area contributed by atoms with Crippen LogP contribution in [0.2, 0.25) is 5.02 Å². The van der Waals surface area contributed by atoms with Gasteiger partial charge in [-0.15, -0.1) is 11.8 Å². The number of halogens is 2. The van der Waals surface area contributed by atoms with Crippen molar-refractivity contribution in [2.45, 2.75) is 23.6 Å². The van der Waals surface area contributed by atoms with Crippen LogP contribution in [0, 0.1) is 5.82 Å².